The molecule has 0 heterocycles. The number of ether oxygens (including phenoxy) is 2. The third-order valence-corrected chi connectivity index (χ3v) is 5.51. The molecule has 3 rings (SSSR count). The highest BCUT2D eigenvalue weighted by Crippen LogP contribution is 2.31. The van der Waals surface area contributed by atoms with Crippen molar-refractivity contribution in [1.82, 2.24) is 10.7 Å². The zero-order chi connectivity index (χ0) is 26.9. The Bertz CT molecular complexity index is 1390. The van der Waals surface area contributed by atoms with Gasteiger partial charge < -0.3 is 19.9 Å². The van der Waals surface area contributed by atoms with E-state index in [1.807, 2.05) is 0 Å². The number of carbonyl (C=O) groups is 2. The van der Waals surface area contributed by atoms with Crippen molar-refractivity contribution in [3.8, 4) is 17.2 Å². The summed E-state index contributed by atoms with van der Waals surface area (Å²) in [5.41, 5.74) is 2.63. The Morgan fingerprint density at radius 1 is 1.05 bits per heavy atom. The summed E-state index contributed by atoms with van der Waals surface area (Å²) in [6.45, 7) is 0. The molecule has 0 radical (unpaired) electrons. The highest BCUT2D eigenvalue weighted by atomic mass is 79.9. The van der Waals surface area contributed by atoms with Crippen LogP contribution in [0.2, 0.25) is 0 Å². The van der Waals surface area contributed by atoms with Gasteiger partial charge in [0, 0.05) is 23.3 Å². The van der Waals surface area contributed by atoms with E-state index in [2.05, 4.69) is 31.8 Å². The molecule has 190 valence electrons. The van der Waals surface area contributed by atoms with Gasteiger partial charge in [0.1, 0.15) is 11.4 Å². The molecule has 3 aromatic carbocycles. The van der Waals surface area contributed by atoms with Crippen LogP contribution in [0.5, 0.6) is 17.2 Å². The number of carbonyl (C=O) groups excluding carboxylic acids is 2. The number of hydrazone groups is 1. The maximum absolute atomic E-state index is 13.0. The van der Waals surface area contributed by atoms with E-state index in [0.29, 0.717) is 22.6 Å². The number of hydrogen-bond acceptors (Lipinski definition) is 8. The van der Waals surface area contributed by atoms with E-state index < -0.39 is 16.7 Å². The Balaban J connectivity index is 1.91. The summed E-state index contributed by atoms with van der Waals surface area (Å²) in [7, 11) is 2.95. The number of nitrogens with one attached hydrogen (secondary N) is 2. The van der Waals surface area contributed by atoms with Gasteiger partial charge in [-0.05, 0) is 51.8 Å². The van der Waals surface area contributed by atoms with E-state index in [1.165, 1.54) is 20.3 Å². The second-order valence-electron chi connectivity index (χ2n) is 7.31. The third-order valence-electron chi connectivity index (χ3n) is 4.91. The summed E-state index contributed by atoms with van der Waals surface area (Å²) in [6, 6.07) is 15.4. The van der Waals surface area contributed by atoms with Crippen LogP contribution < -0.4 is 20.2 Å². The number of benzene rings is 3. The molecule has 0 aromatic heterocycles. The Morgan fingerprint density at radius 3 is 2.41 bits per heavy atom. The van der Waals surface area contributed by atoms with Crippen molar-refractivity contribution in [2.45, 2.75) is 0 Å². The third kappa shape index (κ3) is 6.92. The summed E-state index contributed by atoms with van der Waals surface area (Å²) >= 11 is 3.04. The maximum atomic E-state index is 13.0. The minimum atomic E-state index is -0.792. The monoisotopic (exact) mass is 568 g/mol. The van der Waals surface area contributed by atoms with E-state index in [4.69, 9.17) is 9.47 Å². The van der Waals surface area contributed by atoms with Gasteiger partial charge in [-0.2, -0.15) is 5.10 Å². The standard InChI is InChI=1S/C25H21BrN4O7/c1-36-21-9-8-15(11-22(21)37-2)10-20(28-24(32)16-6-4-3-5-7-16)25(33)29-27-14-17-12-18(30(34)35)13-19(26)23(17)31/h3-14,31H,1-2H3,(H,28,32)(H,29,33)/b20-10+,27-14+. The van der Waals surface area contributed by atoms with Crippen LogP contribution in [0.25, 0.3) is 6.08 Å². The quantitative estimate of drug-likeness (QED) is 0.152. The van der Waals surface area contributed by atoms with Gasteiger partial charge in [0.15, 0.2) is 11.5 Å². The number of methoxy groups -OCH3 is 2. The molecule has 0 unspecified atom stereocenters. The van der Waals surface area contributed by atoms with Crippen molar-refractivity contribution < 1.29 is 29.1 Å². The summed E-state index contributed by atoms with van der Waals surface area (Å²) in [6.07, 6.45) is 2.45. The molecule has 3 aromatic rings. The number of nitrogens with zero attached hydrogens (tertiary/aromatic N) is 2. The molecule has 0 bridgehead atoms. The van der Waals surface area contributed by atoms with Crippen molar-refractivity contribution in [1.29, 1.82) is 0 Å². The first kappa shape index (κ1) is 26.9. The number of hydrogen-bond donors (Lipinski definition) is 3. The molecular formula is C25H21BrN4O7. The van der Waals surface area contributed by atoms with Gasteiger partial charge in [0.05, 0.1) is 29.8 Å². The number of non-ortho nitro benzene ring substituents is 1. The highest BCUT2D eigenvalue weighted by Gasteiger charge is 2.16. The molecule has 0 spiro atoms. The number of phenolic OH excluding ortho intramolecular Hbond substituents is 1. The van der Waals surface area contributed by atoms with Gasteiger partial charge in [-0.1, -0.05) is 24.3 Å². The smallest absolute Gasteiger partial charge is 0.287 e. The Labute approximate surface area is 219 Å². The molecule has 0 aliphatic carbocycles. The van der Waals surface area contributed by atoms with Crippen LogP contribution in [0.4, 0.5) is 5.69 Å². The fraction of sp³-hybridized carbons (Fsp3) is 0.0800. The number of halogens is 1. The fourth-order valence-corrected chi connectivity index (χ4v) is 3.55. The largest absolute Gasteiger partial charge is 0.506 e. The molecular weight excluding hydrogens is 548 g/mol. The summed E-state index contributed by atoms with van der Waals surface area (Å²) in [5, 5.41) is 27.6. The first-order valence-corrected chi connectivity index (χ1v) is 11.3. The SMILES string of the molecule is COc1ccc(/C=C(/NC(=O)c2ccccc2)C(=O)N/N=C/c2cc([N+](=O)[O-])cc(Br)c2O)cc1OC. The van der Waals surface area contributed by atoms with Crippen LogP contribution >= 0.6 is 15.9 Å². The Hall–Kier alpha value is -4.71. The lowest BCUT2D eigenvalue weighted by atomic mass is 10.1. The van der Waals surface area contributed by atoms with Gasteiger partial charge in [0.25, 0.3) is 17.5 Å². The first-order valence-electron chi connectivity index (χ1n) is 10.5. The Kier molecular flexibility index (Phi) is 8.95. The van der Waals surface area contributed by atoms with E-state index in [1.54, 1.807) is 48.5 Å². The van der Waals surface area contributed by atoms with Gasteiger partial charge in [-0.25, -0.2) is 5.43 Å². The first-order chi connectivity index (χ1) is 17.7. The lowest BCUT2D eigenvalue weighted by Gasteiger charge is -2.11. The molecule has 11 nitrogen and oxygen atoms in total. The second-order valence-corrected chi connectivity index (χ2v) is 8.17. The van der Waals surface area contributed by atoms with Gasteiger partial charge in [-0.15, -0.1) is 0 Å². The molecule has 12 heteroatoms. The predicted octanol–water partition coefficient (Wildman–Crippen LogP) is 4.00. The molecule has 2 amide bonds. The minimum absolute atomic E-state index is 0.0138. The average Bonchev–Trinajstić information content (AvgIpc) is 2.90. The average molecular weight is 569 g/mol. The maximum Gasteiger partial charge on any atom is 0.287 e. The molecule has 0 aliphatic heterocycles. The van der Waals surface area contributed by atoms with Crippen LogP contribution in [0.15, 0.2) is 75.9 Å². The van der Waals surface area contributed by atoms with E-state index >= 15 is 0 Å². The van der Waals surface area contributed by atoms with Crippen molar-refractivity contribution in [3.63, 3.8) is 0 Å². The number of nitro groups is 1. The molecule has 0 fully saturated rings. The molecule has 0 atom stereocenters. The zero-order valence-electron chi connectivity index (χ0n) is 19.6. The van der Waals surface area contributed by atoms with Gasteiger partial charge in [-0.3, -0.25) is 19.7 Å². The zero-order valence-corrected chi connectivity index (χ0v) is 21.2. The van der Waals surface area contributed by atoms with Crippen molar-refractivity contribution >= 4 is 45.7 Å². The van der Waals surface area contributed by atoms with E-state index in [-0.39, 0.29) is 27.2 Å². The summed E-state index contributed by atoms with van der Waals surface area (Å²) in [4.78, 5) is 36.2. The number of phenols is 1. The number of aromatic hydroxyl groups is 1. The predicted molar refractivity (Wildman–Crippen MR) is 140 cm³/mol. The second kappa shape index (κ2) is 12.3. The lowest BCUT2D eigenvalue weighted by Crippen LogP contribution is -2.32. The van der Waals surface area contributed by atoms with Crippen molar-refractivity contribution in [3.05, 3.63) is 97.6 Å². The number of nitro benzene ring substituents is 1. The van der Waals surface area contributed by atoms with Gasteiger partial charge >= 0.3 is 0 Å². The number of amides is 2. The van der Waals surface area contributed by atoms with Crippen LogP contribution in [-0.4, -0.2) is 42.3 Å². The Morgan fingerprint density at radius 2 is 1.76 bits per heavy atom. The van der Waals surface area contributed by atoms with Crippen LogP contribution in [0.3, 0.4) is 0 Å². The van der Waals surface area contributed by atoms with Crippen molar-refractivity contribution in [2.24, 2.45) is 5.10 Å². The van der Waals surface area contributed by atoms with Crippen LogP contribution in [0, 0.1) is 10.1 Å². The van der Waals surface area contributed by atoms with Gasteiger partial charge in [0.2, 0.25) is 0 Å². The van der Waals surface area contributed by atoms with E-state index in [0.717, 1.165) is 18.3 Å². The molecule has 37 heavy (non-hydrogen) atoms. The highest BCUT2D eigenvalue weighted by molar-refractivity contribution is 9.10. The molecule has 0 saturated heterocycles. The van der Waals surface area contributed by atoms with E-state index in [9.17, 15) is 24.8 Å². The topological polar surface area (TPSA) is 152 Å². The summed E-state index contributed by atoms with van der Waals surface area (Å²) in [5.74, 6) is -0.741. The normalized spacial score (nSPS) is 11.2. The lowest BCUT2D eigenvalue weighted by molar-refractivity contribution is -0.385. The van der Waals surface area contributed by atoms with Crippen LogP contribution in [-0.2, 0) is 4.79 Å². The molecule has 0 saturated carbocycles. The van der Waals surface area contributed by atoms with Crippen LogP contribution in [0.1, 0.15) is 21.5 Å². The molecule has 3 N–H and O–H groups in total. The fourth-order valence-electron chi connectivity index (χ4n) is 3.08. The molecule has 0 aliphatic rings. The number of rotatable bonds is 9. The summed E-state index contributed by atoms with van der Waals surface area (Å²) < 4.78 is 10.6. The van der Waals surface area contributed by atoms with Crippen molar-refractivity contribution in [2.75, 3.05) is 14.2 Å². The minimum Gasteiger partial charge on any atom is -0.506 e.